The number of nitrogens with zero attached hydrogens (tertiary/aromatic N) is 1. The van der Waals surface area contributed by atoms with Gasteiger partial charge in [0.2, 0.25) is 0 Å². The van der Waals surface area contributed by atoms with E-state index in [1.807, 2.05) is 0 Å². The van der Waals surface area contributed by atoms with Crippen molar-refractivity contribution in [1.29, 1.82) is 0 Å². The van der Waals surface area contributed by atoms with Gasteiger partial charge in [-0.05, 0) is 30.3 Å². The van der Waals surface area contributed by atoms with Gasteiger partial charge in [-0.2, -0.15) is 0 Å². The second kappa shape index (κ2) is 8.26. The Morgan fingerprint density at radius 3 is 2.50 bits per heavy atom. The van der Waals surface area contributed by atoms with Gasteiger partial charge in [0, 0.05) is 17.3 Å². The van der Waals surface area contributed by atoms with E-state index in [2.05, 4.69) is 0 Å². The number of rotatable bonds is 6. The number of ether oxygens (including phenoxy) is 1. The Morgan fingerprint density at radius 2 is 1.92 bits per heavy atom. The van der Waals surface area contributed by atoms with Crippen LogP contribution in [0.15, 0.2) is 46.2 Å². The largest absolute Gasteiger partial charge is 0.424 e. The highest BCUT2D eigenvalue weighted by molar-refractivity contribution is 8.00. The fraction of sp³-hybridized carbons (Fsp3) is 0.133. The number of nitro benzene ring substituents is 1. The average molecular weight is 436 g/mol. The minimum atomic E-state index is -3.59. The van der Waals surface area contributed by atoms with Crippen LogP contribution in [0, 0.1) is 10.1 Å². The molecule has 0 radical (unpaired) electrons. The summed E-state index contributed by atoms with van der Waals surface area (Å²) in [6.45, 7) is 0. The van der Waals surface area contributed by atoms with Gasteiger partial charge < -0.3 is 4.74 Å². The van der Waals surface area contributed by atoms with E-state index in [0.717, 1.165) is 24.1 Å². The number of hydrogen-bond donors (Lipinski definition) is 0. The van der Waals surface area contributed by atoms with Crippen molar-refractivity contribution in [2.75, 3.05) is 12.0 Å². The van der Waals surface area contributed by atoms with Crippen molar-refractivity contribution in [2.24, 2.45) is 0 Å². The normalized spacial score (nSPS) is 11.2. The van der Waals surface area contributed by atoms with Crippen LogP contribution in [0.5, 0.6) is 5.75 Å². The predicted octanol–water partition coefficient (Wildman–Crippen LogP) is 4.00. The Hall–Kier alpha value is -1.81. The van der Waals surface area contributed by atoms with Gasteiger partial charge in [-0.1, -0.05) is 23.2 Å². The summed E-state index contributed by atoms with van der Waals surface area (Å²) in [5, 5.41) is 11.7. The fourth-order valence-electron chi connectivity index (χ4n) is 1.84. The molecule has 2 rings (SSSR count). The van der Waals surface area contributed by atoms with Crippen molar-refractivity contribution < 1.29 is 22.9 Å². The number of esters is 1. The van der Waals surface area contributed by atoms with Crippen LogP contribution in [0.4, 0.5) is 5.69 Å². The highest BCUT2D eigenvalue weighted by Gasteiger charge is 2.20. The van der Waals surface area contributed by atoms with Gasteiger partial charge in [-0.3, -0.25) is 14.9 Å². The van der Waals surface area contributed by atoms with E-state index in [9.17, 15) is 23.3 Å². The highest BCUT2D eigenvalue weighted by atomic mass is 35.5. The van der Waals surface area contributed by atoms with E-state index in [0.29, 0.717) is 5.02 Å². The first-order valence-electron chi connectivity index (χ1n) is 6.85. The van der Waals surface area contributed by atoms with Gasteiger partial charge in [-0.15, -0.1) is 11.8 Å². The number of thioether (sulfide) groups is 1. The Labute approximate surface area is 163 Å². The monoisotopic (exact) mass is 435 g/mol. The zero-order chi connectivity index (χ0) is 19.5. The predicted molar refractivity (Wildman–Crippen MR) is 99.0 cm³/mol. The minimum Gasteiger partial charge on any atom is -0.424 e. The van der Waals surface area contributed by atoms with Crippen LogP contribution < -0.4 is 4.74 Å². The summed E-state index contributed by atoms with van der Waals surface area (Å²) in [6.07, 6.45) is 0.950. The molecule has 0 N–H and O–H groups in total. The van der Waals surface area contributed by atoms with Crippen molar-refractivity contribution in [1.82, 2.24) is 0 Å². The molecule has 0 aliphatic heterocycles. The lowest BCUT2D eigenvalue weighted by molar-refractivity contribution is -0.388. The van der Waals surface area contributed by atoms with Crippen LogP contribution in [0.2, 0.25) is 10.0 Å². The molecule has 0 bridgehead atoms. The maximum absolute atomic E-state index is 11.9. The van der Waals surface area contributed by atoms with Crippen molar-refractivity contribution >= 4 is 56.5 Å². The topological polar surface area (TPSA) is 104 Å². The van der Waals surface area contributed by atoms with Crippen LogP contribution in [-0.4, -0.2) is 31.3 Å². The van der Waals surface area contributed by atoms with E-state index in [-0.39, 0.29) is 26.3 Å². The van der Waals surface area contributed by atoms with Gasteiger partial charge >= 0.3 is 5.97 Å². The SMILES string of the molecule is CS(=O)(=O)c1ccc(SCC(=O)Oc2ccc(Cl)cc2Cl)c([N+](=O)[O-])c1. The van der Waals surface area contributed by atoms with Crippen LogP contribution in [-0.2, 0) is 14.6 Å². The molecule has 26 heavy (non-hydrogen) atoms. The molecule has 0 spiro atoms. The first kappa shape index (κ1) is 20.5. The molecule has 7 nitrogen and oxygen atoms in total. The summed E-state index contributed by atoms with van der Waals surface area (Å²) >= 11 is 12.5. The fourth-order valence-corrected chi connectivity index (χ4v) is 3.71. The minimum absolute atomic E-state index is 0.114. The second-order valence-electron chi connectivity index (χ2n) is 5.00. The van der Waals surface area contributed by atoms with Crippen molar-refractivity contribution in [2.45, 2.75) is 9.79 Å². The molecular weight excluding hydrogens is 425 g/mol. The smallest absolute Gasteiger partial charge is 0.321 e. The molecule has 2 aromatic rings. The molecule has 138 valence electrons. The molecular formula is C15H11Cl2NO6S2. The van der Waals surface area contributed by atoms with Gasteiger partial charge in [0.05, 0.1) is 25.5 Å². The number of carbonyl (C=O) groups excluding carboxylic acids is 1. The van der Waals surface area contributed by atoms with Crippen LogP contribution in [0.25, 0.3) is 0 Å². The third-order valence-electron chi connectivity index (χ3n) is 3.02. The van der Waals surface area contributed by atoms with Crippen LogP contribution in [0.3, 0.4) is 0 Å². The highest BCUT2D eigenvalue weighted by Crippen LogP contribution is 2.32. The molecule has 2 aromatic carbocycles. The lowest BCUT2D eigenvalue weighted by Crippen LogP contribution is -2.11. The van der Waals surface area contributed by atoms with Crippen molar-refractivity contribution in [3.8, 4) is 5.75 Å². The lowest BCUT2D eigenvalue weighted by Gasteiger charge is -2.07. The number of benzene rings is 2. The number of nitro groups is 1. The van der Waals surface area contributed by atoms with Crippen LogP contribution in [0.1, 0.15) is 0 Å². The average Bonchev–Trinajstić information content (AvgIpc) is 2.54. The summed E-state index contributed by atoms with van der Waals surface area (Å²) < 4.78 is 28.1. The number of sulfone groups is 1. The standard InChI is InChI=1S/C15H11Cl2NO6S2/c1-26(22,23)10-3-5-14(12(7-10)18(20)21)25-8-15(19)24-13-4-2-9(16)6-11(13)17/h2-7H,8H2,1H3. The third kappa shape index (κ3) is 5.34. The molecule has 0 atom stereocenters. The molecule has 0 heterocycles. The first-order chi connectivity index (χ1) is 12.1. The Kier molecular flexibility index (Phi) is 6.51. The molecule has 0 aliphatic rings. The van der Waals surface area contributed by atoms with Gasteiger partial charge in [0.1, 0.15) is 5.75 Å². The summed E-state index contributed by atoms with van der Waals surface area (Å²) in [7, 11) is -3.59. The second-order valence-corrected chi connectivity index (χ2v) is 8.87. The summed E-state index contributed by atoms with van der Waals surface area (Å²) in [5.74, 6) is -0.804. The molecule has 0 saturated carbocycles. The van der Waals surface area contributed by atoms with Gasteiger partial charge in [-0.25, -0.2) is 8.42 Å². The Bertz CT molecular complexity index is 978. The molecule has 11 heteroatoms. The molecule has 0 saturated heterocycles. The summed E-state index contributed by atoms with van der Waals surface area (Å²) in [4.78, 5) is 22.3. The molecule has 0 amide bonds. The Balaban J connectivity index is 2.13. The third-order valence-corrected chi connectivity index (χ3v) is 5.70. The van der Waals surface area contributed by atoms with Gasteiger partial charge in [0.25, 0.3) is 5.69 Å². The summed E-state index contributed by atoms with van der Waals surface area (Å²) in [5.41, 5.74) is -0.407. The quantitative estimate of drug-likeness (QED) is 0.222. The van der Waals surface area contributed by atoms with E-state index in [1.54, 1.807) is 0 Å². The van der Waals surface area contributed by atoms with E-state index in [4.69, 9.17) is 27.9 Å². The van der Waals surface area contributed by atoms with E-state index < -0.39 is 26.4 Å². The van der Waals surface area contributed by atoms with Gasteiger partial charge in [0.15, 0.2) is 9.84 Å². The van der Waals surface area contributed by atoms with Crippen LogP contribution >= 0.6 is 35.0 Å². The number of halogens is 2. The number of hydrogen-bond acceptors (Lipinski definition) is 7. The van der Waals surface area contributed by atoms with Crippen molar-refractivity contribution in [3.05, 3.63) is 56.6 Å². The molecule has 0 unspecified atom stereocenters. The molecule has 0 fully saturated rings. The lowest BCUT2D eigenvalue weighted by atomic mass is 10.3. The zero-order valence-electron chi connectivity index (χ0n) is 13.1. The molecule has 0 aromatic heterocycles. The van der Waals surface area contributed by atoms with E-state index >= 15 is 0 Å². The maximum Gasteiger partial charge on any atom is 0.321 e. The van der Waals surface area contributed by atoms with E-state index in [1.165, 1.54) is 30.3 Å². The van der Waals surface area contributed by atoms with Crippen molar-refractivity contribution in [3.63, 3.8) is 0 Å². The summed E-state index contributed by atoms with van der Waals surface area (Å²) in [6, 6.07) is 7.81. The molecule has 0 aliphatic carbocycles. The zero-order valence-corrected chi connectivity index (χ0v) is 16.3. The first-order valence-corrected chi connectivity index (χ1v) is 10.5. The maximum atomic E-state index is 11.9. The Morgan fingerprint density at radius 1 is 1.23 bits per heavy atom. The number of carbonyl (C=O) groups is 1.